The third-order valence-electron chi connectivity index (χ3n) is 3.18. The fourth-order valence-electron chi connectivity index (χ4n) is 2.09. The summed E-state index contributed by atoms with van der Waals surface area (Å²) in [6.45, 7) is 0.593. The van der Waals surface area contributed by atoms with Crippen LogP contribution >= 0.6 is 0 Å². The molecule has 0 aliphatic heterocycles. The van der Waals surface area contributed by atoms with E-state index in [0.717, 1.165) is 31.3 Å². The molecule has 0 aromatic heterocycles. The van der Waals surface area contributed by atoms with Crippen LogP contribution in [0.1, 0.15) is 30.4 Å². The zero-order valence-corrected chi connectivity index (χ0v) is 11.6. The molecule has 0 fully saturated rings. The molecule has 0 saturated heterocycles. The second-order valence-electron chi connectivity index (χ2n) is 4.83. The van der Waals surface area contributed by atoms with Crippen LogP contribution in [-0.2, 0) is 17.8 Å². The van der Waals surface area contributed by atoms with Crippen molar-refractivity contribution in [3.63, 3.8) is 0 Å². The molecule has 2 heteroatoms. The molecule has 20 heavy (non-hydrogen) atoms. The van der Waals surface area contributed by atoms with Crippen molar-refractivity contribution in [2.24, 2.45) is 0 Å². The number of carbonyl (C=O) groups is 1. The van der Waals surface area contributed by atoms with Gasteiger partial charge in [-0.15, -0.1) is 0 Å². The van der Waals surface area contributed by atoms with Crippen molar-refractivity contribution in [3.8, 4) is 5.75 Å². The number of benzene rings is 2. The van der Waals surface area contributed by atoms with Gasteiger partial charge in [0, 0.05) is 6.42 Å². The van der Waals surface area contributed by atoms with E-state index in [1.807, 2.05) is 30.3 Å². The molecule has 0 bridgehead atoms. The Morgan fingerprint density at radius 2 is 1.70 bits per heavy atom. The Bertz CT molecular complexity index is 520. The first-order valence-electron chi connectivity index (χ1n) is 7.08. The lowest BCUT2D eigenvalue weighted by molar-refractivity contribution is -0.107. The Morgan fingerprint density at radius 3 is 2.50 bits per heavy atom. The lowest BCUT2D eigenvalue weighted by Crippen LogP contribution is -1.96. The van der Waals surface area contributed by atoms with Crippen molar-refractivity contribution in [1.82, 2.24) is 0 Å². The topological polar surface area (TPSA) is 26.3 Å². The minimum atomic E-state index is 0.593. The predicted molar refractivity (Wildman–Crippen MR) is 80.8 cm³/mol. The average molecular weight is 268 g/mol. The van der Waals surface area contributed by atoms with Crippen molar-refractivity contribution in [1.29, 1.82) is 0 Å². The van der Waals surface area contributed by atoms with Crippen LogP contribution in [0.25, 0.3) is 0 Å². The van der Waals surface area contributed by atoms with Gasteiger partial charge in [-0.05, 0) is 42.5 Å². The van der Waals surface area contributed by atoms with E-state index in [1.165, 1.54) is 11.1 Å². The molecule has 2 nitrogen and oxygen atoms in total. The summed E-state index contributed by atoms with van der Waals surface area (Å²) >= 11 is 0. The lowest BCUT2D eigenvalue weighted by atomic mass is 10.1. The Kier molecular flexibility index (Phi) is 5.84. The maximum atomic E-state index is 10.3. The van der Waals surface area contributed by atoms with E-state index >= 15 is 0 Å². The largest absolute Gasteiger partial charge is 0.489 e. The van der Waals surface area contributed by atoms with Crippen molar-refractivity contribution >= 4 is 6.29 Å². The first-order valence-corrected chi connectivity index (χ1v) is 7.08. The Labute approximate surface area is 120 Å². The van der Waals surface area contributed by atoms with E-state index in [2.05, 4.69) is 24.3 Å². The van der Waals surface area contributed by atoms with Crippen LogP contribution in [0.2, 0.25) is 0 Å². The molecule has 0 atom stereocenters. The van der Waals surface area contributed by atoms with E-state index in [0.29, 0.717) is 13.0 Å². The highest BCUT2D eigenvalue weighted by Gasteiger charge is 1.98. The molecule has 0 saturated carbocycles. The molecule has 2 aromatic rings. The van der Waals surface area contributed by atoms with Crippen LogP contribution < -0.4 is 4.74 Å². The minimum absolute atomic E-state index is 0.593. The fourth-order valence-corrected chi connectivity index (χ4v) is 2.09. The van der Waals surface area contributed by atoms with E-state index in [-0.39, 0.29) is 0 Å². The highest BCUT2D eigenvalue weighted by molar-refractivity contribution is 5.48. The van der Waals surface area contributed by atoms with Crippen molar-refractivity contribution < 1.29 is 9.53 Å². The third kappa shape index (κ3) is 4.88. The monoisotopic (exact) mass is 268 g/mol. The number of aryl methyl sites for hydroxylation is 1. The zero-order valence-electron chi connectivity index (χ0n) is 11.6. The van der Waals surface area contributed by atoms with Gasteiger partial charge in [0.15, 0.2) is 0 Å². The number of carbonyl (C=O) groups excluding carboxylic acids is 1. The molecular formula is C18H20O2. The summed E-state index contributed by atoms with van der Waals surface area (Å²) in [5.74, 6) is 0.904. The van der Waals surface area contributed by atoms with Crippen molar-refractivity contribution in [3.05, 3.63) is 65.7 Å². The quantitative estimate of drug-likeness (QED) is 0.530. The van der Waals surface area contributed by atoms with Crippen molar-refractivity contribution in [2.45, 2.75) is 32.3 Å². The molecule has 2 aromatic carbocycles. The van der Waals surface area contributed by atoms with E-state index in [1.54, 1.807) is 0 Å². The SMILES string of the molecule is O=CCCCCc1cccc(OCc2ccccc2)c1. The zero-order chi connectivity index (χ0) is 14.0. The molecule has 2 rings (SSSR count). The van der Waals surface area contributed by atoms with Gasteiger partial charge in [0.1, 0.15) is 18.6 Å². The Balaban J connectivity index is 1.84. The van der Waals surface area contributed by atoms with Gasteiger partial charge in [0.2, 0.25) is 0 Å². The molecule has 0 N–H and O–H groups in total. The van der Waals surface area contributed by atoms with Crippen LogP contribution in [-0.4, -0.2) is 6.29 Å². The molecule has 0 unspecified atom stereocenters. The van der Waals surface area contributed by atoms with Gasteiger partial charge in [0.05, 0.1) is 0 Å². The number of aldehydes is 1. The van der Waals surface area contributed by atoms with Crippen LogP contribution in [0, 0.1) is 0 Å². The van der Waals surface area contributed by atoms with Gasteiger partial charge in [-0.3, -0.25) is 0 Å². The Morgan fingerprint density at radius 1 is 0.900 bits per heavy atom. The minimum Gasteiger partial charge on any atom is -0.489 e. The number of unbranched alkanes of at least 4 members (excludes halogenated alkanes) is 2. The fraction of sp³-hybridized carbons (Fsp3) is 0.278. The van der Waals surface area contributed by atoms with E-state index in [9.17, 15) is 4.79 Å². The van der Waals surface area contributed by atoms with Gasteiger partial charge in [-0.2, -0.15) is 0 Å². The molecule has 0 amide bonds. The second-order valence-corrected chi connectivity index (χ2v) is 4.83. The standard InChI is InChI=1S/C18H20O2/c19-13-6-2-5-8-16-11-7-12-18(14-16)20-15-17-9-3-1-4-10-17/h1,3-4,7,9-14H,2,5-6,8,15H2. The predicted octanol–water partition coefficient (Wildman–Crippen LogP) is 4.18. The highest BCUT2D eigenvalue weighted by Crippen LogP contribution is 2.17. The lowest BCUT2D eigenvalue weighted by Gasteiger charge is -2.08. The maximum absolute atomic E-state index is 10.3. The van der Waals surface area contributed by atoms with Crippen molar-refractivity contribution in [2.75, 3.05) is 0 Å². The number of rotatable bonds is 8. The van der Waals surface area contributed by atoms with Gasteiger partial charge < -0.3 is 9.53 Å². The summed E-state index contributed by atoms with van der Waals surface area (Å²) in [4.78, 5) is 10.3. The van der Waals surface area contributed by atoms with E-state index < -0.39 is 0 Å². The van der Waals surface area contributed by atoms with Gasteiger partial charge in [-0.1, -0.05) is 42.5 Å². The molecule has 0 heterocycles. The number of ether oxygens (including phenoxy) is 1. The first kappa shape index (κ1) is 14.3. The van der Waals surface area contributed by atoms with Gasteiger partial charge in [-0.25, -0.2) is 0 Å². The summed E-state index contributed by atoms with van der Waals surface area (Å²) in [6.07, 6.45) is 4.64. The van der Waals surface area contributed by atoms with Gasteiger partial charge in [0.25, 0.3) is 0 Å². The highest BCUT2D eigenvalue weighted by atomic mass is 16.5. The Hall–Kier alpha value is -2.09. The van der Waals surface area contributed by atoms with Crippen LogP contribution in [0.4, 0.5) is 0 Å². The van der Waals surface area contributed by atoms with E-state index in [4.69, 9.17) is 4.74 Å². The molecule has 104 valence electrons. The van der Waals surface area contributed by atoms with Crippen LogP contribution in [0.5, 0.6) is 5.75 Å². The number of hydrogen-bond donors (Lipinski definition) is 0. The van der Waals surface area contributed by atoms with Gasteiger partial charge >= 0.3 is 0 Å². The normalized spacial score (nSPS) is 10.2. The maximum Gasteiger partial charge on any atom is 0.120 e. The average Bonchev–Trinajstić information content (AvgIpc) is 2.51. The summed E-state index contributed by atoms with van der Waals surface area (Å²) < 4.78 is 5.80. The molecule has 0 aliphatic carbocycles. The van der Waals surface area contributed by atoms with Crippen LogP contribution in [0.15, 0.2) is 54.6 Å². The molecule has 0 aliphatic rings. The summed E-state index contributed by atoms with van der Waals surface area (Å²) in [5.41, 5.74) is 2.44. The number of hydrogen-bond acceptors (Lipinski definition) is 2. The smallest absolute Gasteiger partial charge is 0.120 e. The second kappa shape index (κ2) is 8.16. The molecule has 0 spiro atoms. The van der Waals surface area contributed by atoms with Crippen LogP contribution in [0.3, 0.4) is 0 Å². The first-order chi connectivity index (χ1) is 9.88. The third-order valence-corrected chi connectivity index (χ3v) is 3.18. The molecule has 0 radical (unpaired) electrons. The molecular weight excluding hydrogens is 248 g/mol. The summed E-state index contributed by atoms with van der Waals surface area (Å²) in [6, 6.07) is 18.4. The summed E-state index contributed by atoms with van der Waals surface area (Å²) in [5, 5.41) is 0. The summed E-state index contributed by atoms with van der Waals surface area (Å²) in [7, 11) is 0.